The molecule has 0 aliphatic heterocycles. The Bertz CT molecular complexity index is 437. The lowest BCUT2D eigenvalue weighted by atomic mass is 9.94. The van der Waals surface area contributed by atoms with E-state index >= 15 is 0 Å². The average molecular weight is 245 g/mol. The van der Waals surface area contributed by atoms with Gasteiger partial charge in [0.05, 0.1) is 13.2 Å². The molecule has 2 heteroatoms. The molecule has 1 aliphatic carbocycles. The maximum Gasteiger partial charge on any atom is 0.124 e. The van der Waals surface area contributed by atoms with E-state index in [1.165, 1.54) is 30.4 Å². The lowest BCUT2D eigenvalue weighted by molar-refractivity contribution is 0.407. The van der Waals surface area contributed by atoms with Crippen molar-refractivity contribution in [3.8, 4) is 5.75 Å². The Morgan fingerprint density at radius 3 is 2.83 bits per heavy atom. The third-order valence-corrected chi connectivity index (χ3v) is 3.70. The molecule has 18 heavy (non-hydrogen) atoms. The van der Waals surface area contributed by atoms with E-state index < -0.39 is 0 Å². The molecule has 0 bridgehead atoms. The van der Waals surface area contributed by atoms with E-state index in [-0.39, 0.29) is 6.04 Å². The van der Waals surface area contributed by atoms with Crippen LogP contribution in [-0.2, 0) is 0 Å². The molecule has 0 radical (unpaired) electrons. The number of aryl methyl sites for hydroxylation is 1. The fourth-order valence-corrected chi connectivity index (χ4v) is 2.60. The van der Waals surface area contributed by atoms with E-state index in [0.29, 0.717) is 0 Å². The van der Waals surface area contributed by atoms with Crippen LogP contribution in [0.2, 0.25) is 0 Å². The van der Waals surface area contributed by atoms with Crippen LogP contribution in [0.1, 0.15) is 49.3 Å². The van der Waals surface area contributed by atoms with Crippen molar-refractivity contribution in [1.29, 1.82) is 0 Å². The van der Waals surface area contributed by atoms with Crippen LogP contribution < -0.4 is 10.5 Å². The summed E-state index contributed by atoms with van der Waals surface area (Å²) < 4.78 is 5.46. The molecule has 1 aromatic rings. The quantitative estimate of drug-likeness (QED) is 0.820. The summed E-state index contributed by atoms with van der Waals surface area (Å²) in [4.78, 5) is 0. The molecule has 2 nitrogen and oxygen atoms in total. The lowest BCUT2D eigenvalue weighted by Gasteiger charge is -2.19. The summed E-state index contributed by atoms with van der Waals surface area (Å²) in [5.74, 6) is 0.910. The van der Waals surface area contributed by atoms with Gasteiger partial charge >= 0.3 is 0 Å². The van der Waals surface area contributed by atoms with Gasteiger partial charge in [-0.05, 0) is 44.2 Å². The van der Waals surface area contributed by atoms with E-state index in [1.807, 2.05) is 0 Å². The van der Waals surface area contributed by atoms with Gasteiger partial charge < -0.3 is 10.5 Å². The van der Waals surface area contributed by atoms with Crippen LogP contribution in [-0.4, -0.2) is 7.11 Å². The van der Waals surface area contributed by atoms with Gasteiger partial charge in [0, 0.05) is 5.56 Å². The highest BCUT2D eigenvalue weighted by atomic mass is 16.5. The average Bonchev–Trinajstić information content (AvgIpc) is 2.66. The van der Waals surface area contributed by atoms with Crippen LogP contribution in [0, 0.1) is 6.92 Å². The number of hydrogen-bond acceptors (Lipinski definition) is 2. The topological polar surface area (TPSA) is 35.2 Å². The van der Waals surface area contributed by atoms with E-state index in [2.05, 4.69) is 31.2 Å². The molecule has 0 amide bonds. The number of ether oxygens (including phenoxy) is 1. The van der Waals surface area contributed by atoms with Crippen molar-refractivity contribution in [1.82, 2.24) is 0 Å². The van der Waals surface area contributed by atoms with E-state index in [9.17, 15) is 0 Å². The Kier molecular flexibility index (Phi) is 4.43. The zero-order chi connectivity index (χ0) is 13.0. The summed E-state index contributed by atoms with van der Waals surface area (Å²) in [6.07, 6.45) is 8.49. The van der Waals surface area contributed by atoms with Gasteiger partial charge in [0.15, 0.2) is 0 Å². The second-order valence-corrected chi connectivity index (χ2v) is 5.10. The van der Waals surface area contributed by atoms with Crippen molar-refractivity contribution in [2.45, 2.75) is 45.1 Å². The first-order chi connectivity index (χ1) is 8.72. The number of hydrogen-bond donors (Lipinski definition) is 1. The smallest absolute Gasteiger partial charge is 0.124 e. The summed E-state index contributed by atoms with van der Waals surface area (Å²) in [6.45, 7) is 2.07. The molecule has 0 aromatic heterocycles. The monoisotopic (exact) mass is 245 g/mol. The second-order valence-electron chi connectivity index (χ2n) is 5.10. The van der Waals surface area contributed by atoms with Crippen molar-refractivity contribution in [3.05, 3.63) is 41.0 Å². The van der Waals surface area contributed by atoms with Gasteiger partial charge in [0.2, 0.25) is 0 Å². The Morgan fingerprint density at radius 1 is 1.22 bits per heavy atom. The zero-order valence-electron chi connectivity index (χ0n) is 11.4. The molecule has 0 fully saturated rings. The summed E-state index contributed by atoms with van der Waals surface area (Å²) in [5.41, 5.74) is 10.1. The van der Waals surface area contributed by atoms with Crippen LogP contribution in [0.5, 0.6) is 5.75 Å². The predicted molar refractivity (Wildman–Crippen MR) is 75.8 cm³/mol. The molecule has 0 spiro atoms. The maximum absolute atomic E-state index is 6.42. The molecule has 98 valence electrons. The first-order valence-electron chi connectivity index (χ1n) is 6.81. The molecule has 0 saturated heterocycles. The van der Waals surface area contributed by atoms with Gasteiger partial charge in [0.1, 0.15) is 5.75 Å². The minimum Gasteiger partial charge on any atom is -0.496 e. The van der Waals surface area contributed by atoms with Gasteiger partial charge in [-0.1, -0.05) is 30.2 Å². The molecule has 1 atom stereocenters. The van der Waals surface area contributed by atoms with Crippen LogP contribution in [0.3, 0.4) is 0 Å². The molecule has 1 aromatic carbocycles. The standard InChI is InChI=1S/C16H23NO/c1-12-9-10-14(15(11-12)18-2)16(17)13-7-5-3-4-6-8-13/h7,9-11,16H,3-6,8,17H2,1-2H3. The number of allylic oxidation sites excluding steroid dienone is 1. The van der Waals surface area contributed by atoms with E-state index in [4.69, 9.17) is 10.5 Å². The van der Waals surface area contributed by atoms with E-state index in [0.717, 1.165) is 24.2 Å². The molecule has 0 saturated carbocycles. The predicted octanol–water partition coefficient (Wildman–Crippen LogP) is 3.89. The number of benzene rings is 1. The van der Waals surface area contributed by atoms with Gasteiger partial charge in [-0.2, -0.15) is 0 Å². The zero-order valence-corrected chi connectivity index (χ0v) is 11.4. The third-order valence-electron chi connectivity index (χ3n) is 3.70. The Morgan fingerprint density at radius 2 is 2.06 bits per heavy atom. The van der Waals surface area contributed by atoms with Crippen molar-refractivity contribution in [3.63, 3.8) is 0 Å². The first kappa shape index (κ1) is 13.2. The summed E-state index contributed by atoms with van der Waals surface area (Å²) in [5, 5.41) is 0. The largest absolute Gasteiger partial charge is 0.496 e. The van der Waals surface area contributed by atoms with Crippen molar-refractivity contribution in [2.24, 2.45) is 5.73 Å². The van der Waals surface area contributed by atoms with Gasteiger partial charge in [0.25, 0.3) is 0 Å². The second kappa shape index (κ2) is 6.05. The highest BCUT2D eigenvalue weighted by molar-refractivity contribution is 5.42. The molecular weight excluding hydrogens is 222 g/mol. The third kappa shape index (κ3) is 2.94. The lowest BCUT2D eigenvalue weighted by Crippen LogP contribution is -2.14. The van der Waals surface area contributed by atoms with Crippen molar-refractivity contribution >= 4 is 0 Å². The Hall–Kier alpha value is -1.28. The van der Waals surface area contributed by atoms with Crippen LogP contribution >= 0.6 is 0 Å². The molecule has 1 unspecified atom stereocenters. The van der Waals surface area contributed by atoms with Gasteiger partial charge in [-0.25, -0.2) is 0 Å². The molecule has 2 N–H and O–H groups in total. The van der Waals surface area contributed by atoms with E-state index in [1.54, 1.807) is 7.11 Å². The minimum atomic E-state index is -0.0151. The maximum atomic E-state index is 6.42. The normalized spacial score (nSPS) is 17.8. The van der Waals surface area contributed by atoms with Crippen LogP contribution in [0.25, 0.3) is 0 Å². The number of rotatable bonds is 3. The van der Waals surface area contributed by atoms with Crippen LogP contribution in [0.4, 0.5) is 0 Å². The molecule has 2 rings (SSSR count). The van der Waals surface area contributed by atoms with Gasteiger partial charge in [-0.3, -0.25) is 0 Å². The first-order valence-corrected chi connectivity index (χ1v) is 6.81. The molecular formula is C16H23NO. The number of nitrogens with two attached hydrogens (primary N) is 1. The fraction of sp³-hybridized carbons (Fsp3) is 0.500. The fourth-order valence-electron chi connectivity index (χ4n) is 2.60. The van der Waals surface area contributed by atoms with Crippen molar-refractivity contribution < 1.29 is 4.74 Å². The SMILES string of the molecule is COc1cc(C)ccc1C(N)C1=CCCCCC1. The number of methoxy groups -OCH3 is 1. The highest BCUT2D eigenvalue weighted by Gasteiger charge is 2.17. The summed E-state index contributed by atoms with van der Waals surface area (Å²) in [6, 6.07) is 6.25. The molecule has 0 heterocycles. The minimum absolute atomic E-state index is 0.0151. The summed E-state index contributed by atoms with van der Waals surface area (Å²) in [7, 11) is 1.71. The Labute approximate surface area is 110 Å². The van der Waals surface area contributed by atoms with Crippen molar-refractivity contribution in [2.75, 3.05) is 7.11 Å². The summed E-state index contributed by atoms with van der Waals surface area (Å²) >= 11 is 0. The highest BCUT2D eigenvalue weighted by Crippen LogP contribution is 2.32. The Balaban J connectivity index is 2.27. The van der Waals surface area contributed by atoms with Gasteiger partial charge in [-0.15, -0.1) is 0 Å². The molecule has 1 aliphatic rings. The van der Waals surface area contributed by atoms with Crippen LogP contribution in [0.15, 0.2) is 29.8 Å².